The second-order valence-electron chi connectivity index (χ2n) is 5.71. The Balaban J connectivity index is 1.80. The number of nitrogens with zero attached hydrogens (tertiary/aromatic N) is 2. The second kappa shape index (κ2) is 8.63. The number of aromatic nitrogens is 1. The van der Waals surface area contributed by atoms with E-state index in [1.807, 2.05) is 12.1 Å². The van der Waals surface area contributed by atoms with Gasteiger partial charge in [-0.25, -0.2) is 4.39 Å². The first kappa shape index (κ1) is 18.2. The van der Waals surface area contributed by atoms with Crippen LogP contribution in [0.1, 0.15) is 16.8 Å². The van der Waals surface area contributed by atoms with E-state index in [9.17, 15) is 9.65 Å². The lowest BCUT2D eigenvalue weighted by molar-refractivity contribution is 0.284. The van der Waals surface area contributed by atoms with Crippen LogP contribution < -0.4 is 9.47 Å². The zero-order valence-electron chi connectivity index (χ0n) is 14.7. The fourth-order valence-electron chi connectivity index (χ4n) is 2.49. The average Bonchev–Trinajstić information content (AvgIpc) is 2.72. The van der Waals surface area contributed by atoms with E-state index in [1.165, 1.54) is 12.1 Å². The maximum absolute atomic E-state index is 13.0. The summed E-state index contributed by atoms with van der Waals surface area (Å²) in [5, 5.41) is 9.41. The Morgan fingerprint density at radius 3 is 2.59 bits per heavy atom. The van der Waals surface area contributed by atoms with Crippen LogP contribution in [0.25, 0.3) is 11.6 Å². The standard InChI is InChI=1S/C22H17FN2O2/c1-26-22-13-17(12-18(14-24)20-4-2-3-11-25-20)7-10-21(22)27-15-16-5-8-19(23)9-6-16/h2-13H,15H2,1H3/b18-12+. The monoisotopic (exact) mass is 360 g/mol. The average molecular weight is 360 g/mol. The number of hydrogen-bond donors (Lipinski definition) is 0. The Bertz CT molecular complexity index is 977. The van der Waals surface area contributed by atoms with E-state index in [-0.39, 0.29) is 5.82 Å². The van der Waals surface area contributed by atoms with E-state index in [0.29, 0.717) is 29.4 Å². The number of hydrogen-bond acceptors (Lipinski definition) is 4. The van der Waals surface area contributed by atoms with Gasteiger partial charge in [-0.2, -0.15) is 5.26 Å². The van der Waals surface area contributed by atoms with E-state index in [2.05, 4.69) is 11.1 Å². The molecule has 4 nitrogen and oxygen atoms in total. The van der Waals surface area contributed by atoms with E-state index in [4.69, 9.17) is 9.47 Å². The Hall–Kier alpha value is -3.65. The SMILES string of the molecule is COc1cc(/C=C(\C#N)c2ccccn2)ccc1OCc1ccc(F)cc1. The summed E-state index contributed by atoms with van der Waals surface area (Å²) in [5.74, 6) is 0.827. The molecular formula is C22H17FN2O2. The molecule has 0 bridgehead atoms. The molecule has 0 spiro atoms. The topological polar surface area (TPSA) is 55.1 Å². The van der Waals surface area contributed by atoms with Crippen molar-refractivity contribution >= 4 is 11.6 Å². The van der Waals surface area contributed by atoms with Crippen molar-refractivity contribution in [3.8, 4) is 17.6 Å². The summed E-state index contributed by atoms with van der Waals surface area (Å²) in [5.41, 5.74) is 2.71. The van der Waals surface area contributed by atoms with E-state index < -0.39 is 0 Å². The van der Waals surface area contributed by atoms with Gasteiger partial charge in [0.2, 0.25) is 0 Å². The molecule has 0 fully saturated rings. The Morgan fingerprint density at radius 1 is 1.11 bits per heavy atom. The largest absolute Gasteiger partial charge is 0.493 e. The van der Waals surface area contributed by atoms with Crippen molar-refractivity contribution in [2.24, 2.45) is 0 Å². The molecule has 0 aliphatic heterocycles. The molecule has 0 saturated heterocycles. The Labute approximate surface area is 157 Å². The minimum Gasteiger partial charge on any atom is -0.493 e. The zero-order valence-corrected chi connectivity index (χ0v) is 14.7. The summed E-state index contributed by atoms with van der Waals surface area (Å²) < 4.78 is 24.2. The van der Waals surface area contributed by atoms with Crippen LogP contribution in [-0.4, -0.2) is 12.1 Å². The fourth-order valence-corrected chi connectivity index (χ4v) is 2.49. The first-order chi connectivity index (χ1) is 13.2. The van der Waals surface area contributed by atoms with E-state index in [1.54, 1.807) is 55.8 Å². The lowest BCUT2D eigenvalue weighted by Crippen LogP contribution is -1.98. The summed E-state index contributed by atoms with van der Waals surface area (Å²) in [6.07, 6.45) is 3.39. The number of halogens is 1. The number of allylic oxidation sites excluding steroid dienone is 1. The highest BCUT2D eigenvalue weighted by Crippen LogP contribution is 2.30. The Kier molecular flexibility index (Phi) is 5.80. The van der Waals surface area contributed by atoms with Gasteiger partial charge in [0.05, 0.1) is 18.4 Å². The van der Waals surface area contributed by atoms with Crippen molar-refractivity contribution in [2.45, 2.75) is 6.61 Å². The fraction of sp³-hybridized carbons (Fsp3) is 0.0909. The summed E-state index contributed by atoms with van der Waals surface area (Å²) in [6.45, 7) is 0.295. The number of pyridine rings is 1. The predicted molar refractivity (Wildman–Crippen MR) is 101 cm³/mol. The van der Waals surface area contributed by atoms with Gasteiger partial charge in [-0.15, -0.1) is 0 Å². The molecule has 0 atom stereocenters. The van der Waals surface area contributed by atoms with Gasteiger partial charge in [-0.1, -0.05) is 24.3 Å². The molecule has 0 N–H and O–H groups in total. The maximum atomic E-state index is 13.0. The number of nitriles is 1. The van der Waals surface area contributed by atoms with Crippen molar-refractivity contribution in [2.75, 3.05) is 7.11 Å². The number of ether oxygens (including phenoxy) is 2. The second-order valence-corrected chi connectivity index (χ2v) is 5.71. The van der Waals surface area contributed by atoms with Crippen molar-refractivity contribution in [3.05, 3.63) is 89.5 Å². The molecule has 1 aromatic heterocycles. The molecule has 1 heterocycles. The van der Waals surface area contributed by atoms with Gasteiger partial charge in [0.25, 0.3) is 0 Å². The van der Waals surface area contributed by atoms with Gasteiger partial charge < -0.3 is 9.47 Å². The summed E-state index contributed by atoms with van der Waals surface area (Å²) >= 11 is 0. The predicted octanol–water partition coefficient (Wildman–Crippen LogP) is 4.87. The summed E-state index contributed by atoms with van der Waals surface area (Å²) in [7, 11) is 1.55. The van der Waals surface area contributed by atoms with Crippen molar-refractivity contribution in [3.63, 3.8) is 0 Å². The smallest absolute Gasteiger partial charge is 0.161 e. The molecule has 0 aliphatic rings. The Morgan fingerprint density at radius 2 is 1.93 bits per heavy atom. The van der Waals surface area contributed by atoms with Crippen LogP contribution in [0.2, 0.25) is 0 Å². The first-order valence-corrected chi connectivity index (χ1v) is 8.28. The highest BCUT2D eigenvalue weighted by Gasteiger charge is 2.08. The number of methoxy groups -OCH3 is 1. The third-order valence-corrected chi connectivity index (χ3v) is 3.87. The van der Waals surface area contributed by atoms with Crippen molar-refractivity contribution in [1.29, 1.82) is 5.26 Å². The molecule has 5 heteroatoms. The highest BCUT2D eigenvalue weighted by molar-refractivity contribution is 5.88. The van der Waals surface area contributed by atoms with Crippen molar-refractivity contribution in [1.82, 2.24) is 4.98 Å². The van der Waals surface area contributed by atoms with Gasteiger partial charge in [0.15, 0.2) is 11.5 Å². The van der Waals surface area contributed by atoms with Crippen LogP contribution in [-0.2, 0) is 6.61 Å². The maximum Gasteiger partial charge on any atom is 0.161 e. The summed E-state index contributed by atoms with van der Waals surface area (Å²) in [6, 6.07) is 19.1. The first-order valence-electron chi connectivity index (χ1n) is 8.28. The number of rotatable bonds is 6. The van der Waals surface area contributed by atoms with Crippen molar-refractivity contribution < 1.29 is 13.9 Å². The van der Waals surface area contributed by atoms with Crippen LogP contribution in [0.4, 0.5) is 4.39 Å². The van der Waals surface area contributed by atoms with E-state index in [0.717, 1.165) is 11.1 Å². The molecule has 0 radical (unpaired) electrons. The lowest BCUT2D eigenvalue weighted by atomic mass is 10.1. The van der Waals surface area contributed by atoms with Crippen LogP contribution in [0, 0.1) is 17.1 Å². The molecule has 0 unspecified atom stereocenters. The van der Waals surface area contributed by atoms with Crippen LogP contribution >= 0.6 is 0 Å². The summed E-state index contributed by atoms with van der Waals surface area (Å²) in [4.78, 5) is 4.20. The molecule has 0 saturated carbocycles. The molecule has 27 heavy (non-hydrogen) atoms. The molecular weight excluding hydrogens is 343 g/mol. The molecule has 3 aromatic rings. The van der Waals surface area contributed by atoms with Gasteiger partial charge in [0, 0.05) is 6.20 Å². The quantitative estimate of drug-likeness (QED) is 0.588. The third-order valence-electron chi connectivity index (χ3n) is 3.87. The zero-order chi connectivity index (χ0) is 19.1. The minimum atomic E-state index is -0.284. The molecule has 2 aromatic carbocycles. The van der Waals surface area contributed by atoms with Crippen LogP contribution in [0.15, 0.2) is 66.9 Å². The highest BCUT2D eigenvalue weighted by atomic mass is 19.1. The van der Waals surface area contributed by atoms with Gasteiger partial charge in [-0.3, -0.25) is 4.98 Å². The minimum absolute atomic E-state index is 0.284. The molecule has 0 amide bonds. The number of benzene rings is 2. The third kappa shape index (κ3) is 4.71. The molecule has 0 aliphatic carbocycles. The van der Waals surface area contributed by atoms with Gasteiger partial charge >= 0.3 is 0 Å². The molecule has 134 valence electrons. The van der Waals surface area contributed by atoms with Crippen LogP contribution in [0.5, 0.6) is 11.5 Å². The molecule has 3 rings (SSSR count). The van der Waals surface area contributed by atoms with Gasteiger partial charge in [0.1, 0.15) is 18.5 Å². The van der Waals surface area contributed by atoms with Crippen LogP contribution in [0.3, 0.4) is 0 Å². The van der Waals surface area contributed by atoms with E-state index >= 15 is 0 Å². The lowest BCUT2D eigenvalue weighted by Gasteiger charge is -2.11. The van der Waals surface area contributed by atoms with Gasteiger partial charge in [-0.05, 0) is 53.6 Å². The normalized spacial score (nSPS) is 10.9.